The Balaban J connectivity index is 3.00. The summed E-state index contributed by atoms with van der Waals surface area (Å²) in [7, 11) is 0. The summed E-state index contributed by atoms with van der Waals surface area (Å²) in [6.07, 6.45) is 11.6. The molecule has 0 amide bonds. The fourth-order valence-corrected chi connectivity index (χ4v) is 0.753. The van der Waals surface area contributed by atoms with Crippen LogP contribution >= 0.6 is 0 Å². The number of hydrogen-bond donors (Lipinski definition) is 0. The molecule has 0 aromatic rings. The number of ether oxygens (including phenoxy) is 1. The van der Waals surface area contributed by atoms with Crippen LogP contribution in [-0.4, -0.2) is 6.61 Å². The summed E-state index contributed by atoms with van der Waals surface area (Å²) in [4.78, 5) is 0. The minimum absolute atomic E-state index is 0.769. The van der Waals surface area contributed by atoms with Gasteiger partial charge in [0.2, 0.25) is 0 Å². The molecule has 0 radical (unpaired) electrons. The van der Waals surface area contributed by atoms with Gasteiger partial charge in [-0.3, -0.25) is 0 Å². The van der Waals surface area contributed by atoms with Crippen LogP contribution in [0.3, 0.4) is 0 Å². The molecule has 0 atom stereocenters. The van der Waals surface area contributed by atoms with Crippen molar-refractivity contribution >= 4 is 0 Å². The molecule has 0 aromatic heterocycles. The van der Waals surface area contributed by atoms with Gasteiger partial charge in [-0.25, -0.2) is 0 Å². The molecule has 0 bridgehead atoms. The van der Waals surface area contributed by atoms with Crippen molar-refractivity contribution in [2.45, 2.75) is 33.1 Å². The highest BCUT2D eigenvalue weighted by atomic mass is 16.5. The Labute approximate surface area is 69.8 Å². The summed E-state index contributed by atoms with van der Waals surface area (Å²) in [5.41, 5.74) is 0. The standard InChI is InChI=1S/C10H18O/c1-3-5-6-7-8-9-10-11-4-2/h3,5,9-10H,4,6-8H2,1-2H3. The van der Waals surface area contributed by atoms with Crippen LogP contribution in [0.15, 0.2) is 24.5 Å². The van der Waals surface area contributed by atoms with E-state index in [9.17, 15) is 0 Å². The number of hydrogen-bond acceptors (Lipinski definition) is 1. The van der Waals surface area contributed by atoms with Crippen LogP contribution in [0.25, 0.3) is 0 Å². The van der Waals surface area contributed by atoms with E-state index in [4.69, 9.17) is 4.74 Å². The molecule has 0 aromatic carbocycles. The third-order valence-electron chi connectivity index (χ3n) is 1.34. The molecule has 0 saturated heterocycles. The minimum Gasteiger partial charge on any atom is -0.502 e. The molecule has 0 unspecified atom stereocenters. The summed E-state index contributed by atoms with van der Waals surface area (Å²) in [6, 6.07) is 0. The fraction of sp³-hybridized carbons (Fsp3) is 0.600. The van der Waals surface area contributed by atoms with E-state index in [-0.39, 0.29) is 0 Å². The van der Waals surface area contributed by atoms with Crippen molar-refractivity contribution in [3.63, 3.8) is 0 Å². The van der Waals surface area contributed by atoms with Gasteiger partial charge in [0.05, 0.1) is 12.9 Å². The van der Waals surface area contributed by atoms with Crippen LogP contribution in [0, 0.1) is 0 Å². The lowest BCUT2D eigenvalue weighted by Gasteiger charge is -1.92. The maximum absolute atomic E-state index is 5.04. The quantitative estimate of drug-likeness (QED) is 0.324. The van der Waals surface area contributed by atoms with Crippen molar-refractivity contribution in [1.82, 2.24) is 0 Å². The van der Waals surface area contributed by atoms with E-state index in [2.05, 4.69) is 25.2 Å². The first-order valence-corrected chi connectivity index (χ1v) is 4.29. The number of unbranched alkanes of at least 4 members (excludes halogenated alkanes) is 2. The minimum atomic E-state index is 0.769. The average Bonchev–Trinajstić information content (AvgIpc) is 2.03. The van der Waals surface area contributed by atoms with E-state index >= 15 is 0 Å². The van der Waals surface area contributed by atoms with Gasteiger partial charge in [0.15, 0.2) is 0 Å². The van der Waals surface area contributed by atoms with Crippen molar-refractivity contribution in [2.75, 3.05) is 6.61 Å². The van der Waals surface area contributed by atoms with Crippen molar-refractivity contribution < 1.29 is 4.74 Å². The van der Waals surface area contributed by atoms with Crippen LogP contribution in [-0.2, 0) is 4.74 Å². The fourth-order valence-electron chi connectivity index (χ4n) is 0.753. The molecular weight excluding hydrogens is 136 g/mol. The maximum atomic E-state index is 5.04. The molecule has 0 heterocycles. The smallest absolute Gasteiger partial charge is 0.0845 e. The summed E-state index contributed by atoms with van der Waals surface area (Å²) in [6.45, 7) is 4.81. The zero-order valence-electron chi connectivity index (χ0n) is 7.55. The van der Waals surface area contributed by atoms with Gasteiger partial charge >= 0.3 is 0 Å². The molecule has 0 N–H and O–H groups in total. The molecular formula is C10H18O. The number of allylic oxidation sites excluding steroid dienone is 3. The zero-order chi connectivity index (χ0) is 8.36. The van der Waals surface area contributed by atoms with Crippen molar-refractivity contribution in [3.8, 4) is 0 Å². The van der Waals surface area contributed by atoms with Gasteiger partial charge in [-0.05, 0) is 39.2 Å². The van der Waals surface area contributed by atoms with Gasteiger partial charge in [0, 0.05) is 0 Å². The van der Waals surface area contributed by atoms with Crippen molar-refractivity contribution in [3.05, 3.63) is 24.5 Å². The second-order valence-corrected chi connectivity index (χ2v) is 2.33. The third-order valence-corrected chi connectivity index (χ3v) is 1.34. The van der Waals surface area contributed by atoms with Crippen LogP contribution in [0.4, 0.5) is 0 Å². The SMILES string of the molecule is CC=CCCCC=COCC. The normalized spacial score (nSPS) is 11.5. The molecule has 11 heavy (non-hydrogen) atoms. The Morgan fingerprint density at radius 3 is 2.55 bits per heavy atom. The lowest BCUT2D eigenvalue weighted by molar-refractivity contribution is 0.268. The Morgan fingerprint density at radius 2 is 1.91 bits per heavy atom. The van der Waals surface area contributed by atoms with Gasteiger partial charge in [0.25, 0.3) is 0 Å². The zero-order valence-corrected chi connectivity index (χ0v) is 7.55. The average molecular weight is 154 g/mol. The predicted molar refractivity (Wildman–Crippen MR) is 49.4 cm³/mol. The lowest BCUT2D eigenvalue weighted by atomic mass is 10.2. The second-order valence-electron chi connectivity index (χ2n) is 2.33. The summed E-state index contributed by atoms with van der Waals surface area (Å²) < 4.78 is 5.04. The Bertz CT molecular complexity index is 114. The first-order valence-electron chi connectivity index (χ1n) is 4.29. The predicted octanol–water partition coefficient (Wildman–Crippen LogP) is 3.28. The van der Waals surface area contributed by atoms with Gasteiger partial charge in [-0.2, -0.15) is 0 Å². The van der Waals surface area contributed by atoms with Crippen LogP contribution < -0.4 is 0 Å². The highest BCUT2D eigenvalue weighted by molar-refractivity contribution is 4.79. The molecule has 0 rings (SSSR count). The largest absolute Gasteiger partial charge is 0.502 e. The highest BCUT2D eigenvalue weighted by Gasteiger charge is 1.78. The molecule has 64 valence electrons. The van der Waals surface area contributed by atoms with Crippen molar-refractivity contribution in [1.29, 1.82) is 0 Å². The topological polar surface area (TPSA) is 9.23 Å². The van der Waals surface area contributed by atoms with Crippen molar-refractivity contribution in [2.24, 2.45) is 0 Å². The molecule has 1 nitrogen and oxygen atoms in total. The molecule has 0 aliphatic carbocycles. The van der Waals surface area contributed by atoms with E-state index in [0.717, 1.165) is 13.0 Å². The maximum Gasteiger partial charge on any atom is 0.0845 e. The Morgan fingerprint density at radius 1 is 1.18 bits per heavy atom. The Hall–Kier alpha value is -0.720. The van der Waals surface area contributed by atoms with Gasteiger partial charge in [0.1, 0.15) is 0 Å². The summed E-state index contributed by atoms with van der Waals surface area (Å²) in [5.74, 6) is 0. The second kappa shape index (κ2) is 9.28. The van der Waals surface area contributed by atoms with E-state index < -0.39 is 0 Å². The highest BCUT2D eigenvalue weighted by Crippen LogP contribution is 1.97. The third kappa shape index (κ3) is 9.28. The molecule has 0 saturated carbocycles. The first-order chi connectivity index (χ1) is 5.41. The van der Waals surface area contributed by atoms with Gasteiger partial charge in [-0.15, -0.1) is 0 Å². The summed E-state index contributed by atoms with van der Waals surface area (Å²) in [5, 5.41) is 0. The monoisotopic (exact) mass is 154 g/mol. The summed E-state index contributed by atoms with van der Waals surface area (Å²) >= 11 is 0. The van der Waals surface area contributed by atoms with Crippen LogP contribution in [0.2, 0.25) is 0 Å². The van der Waals surface area contributed by atoms with E-state index in [0.29, 0.717) is 0 Å². The van der Waals surface area contributed by atoms with E-state index in [1.54, 1.807) is 6.26 Å². The Kier molecular flexibility index (Phi) is 8.67. The molecule has 0 spiro atoms. The van der Waals surface area contributed by atoms with Crippen LogP contribution in [0.5, 0.6) is 0 Å². The first kappa shape index (κ1) is 10.3. The number of rotatable bonds is 6. The molecule has 0 aliphatic rings. The van der Waals surface area contributed by atoms with Gasteiger partial charge < -0.3 is 4.74 Å². The van der Waals surface area contributed by atoms with Crippen LogP contribution in [0.1, 0.15) is 33.1 Å². The lowest BCUT2D eigenvalue weighted by Crippen LogP contribution is -1.76. The van der Waals surface area contributed by atoms with E-state index in [1.165, 1.54) is 12.8 Å². The molecule has 0 aliphatic heterocycles. The molecule has 0 fully saturated rings. The van der Waals surface area contributed by atoms with E-state index in [1.807, 2.05) is 6.92 Å². The van der Waals surface area contributed by atoms with Gasteiger partial charge in [-0.1, -0.05) is 12.2 Å². The molecule has 1 heteroatoms.